The normalized spacial score (nSPS) is 10.3. The molecule has 0 atom stereocenters. The molecule has 1 aromatic heterocycles. The van der Waals surface area contributed by atoms with Crippen LogP contribution in [-0.4, -0.2) is 26.1 Å². The quantitative estimate of drug-likeness (QED) is 0.841. The molecule has 0 unspecified atom stereocenters. The van der Waals surface area contributed by atoms with E-state index in [0.29, 0.717) is 11.4 Å². The molecule has 0 radical (unpaired) electrons. The third-order valence-electron chi connectivity index (χ3n) is 2.20. The lowest BCUT2D eigenvalue weighted by Crippen LogP contribution is -2.01. The van der Waals surface area contributed by atoms with E-state index in [1.165, 1.54) is 6.07 Å². The molecule has 1 N–H and O–H groups in total. The average molecular weight is 359 g/mol. The smallest absolute Gasteiger partial charge is 0.335 e. The number of aryl methyl sites for hydroxylation is 1. The number of carboxylic acid groups (broad SMARTS) is 1. The van der Waals surface area contributed by atoms with E-state index in [-0.39, 0.29) is 12.2 Å². The summed E-state index contributed by atoms with van der Waals surface area (Å²) in [5, 5.41) is 16.6. The van der Waals surface area contributed by atoms with Crippen molar-refractivity contribution in [3.8, 4) is 5.75 Å². The topological polar surface area (TPSA) is 77.2 Å². The van der Waals surface area contributed by atoms with Crippen LogP contribution in [0.25, 0.3) is 0 Å². The second-order valence-corrected chi connectivity index (χ2v) is 4.78. The Kier molecular flexibility index (Phi) is 3.80. The fraction of sp³-hybridized carbons (Fsp3) is 0.182. The Morgan fingerprint density at radius 2 is 2.33 bits per heavy atom. The number of rotatable bonds is 4. The van der Waals surface area contributed by atoms with Gasteiger partial charge >= 0.3 is 5.97 Å². The molecule has 0 aliphatic rings. The lowest BCUT2D eigenvalue weighted by atomic mass is 10.2. The van der Waals surface area contributed by atoms with Crippen LogP contribution < -0.4 is 4.74 Å². The third kappa shape index (κ3) is 2.97. The first-order chi connectivity index (χ1) is 8.56. The zero-order valence-electron chi connectivity index (χ0n) is 9.50. The number of hydrogen-bond acceptors (Lipinski definition) is 4. The molecular weight excluding hydrogens is 349 g/mol. The average Bonchev–Trinajstić information content (AvgIpc) is 2.74. The van der Waals surface area contributed by atoms with Crippen molar-refractivity contribution in [1.29, 1.82) is 0 Å². The minimum atomic E-state index is -0.976. The zero-order chi connectivity index (χ0) is 13.1. The van der Waals surface area contributed by atoms with E-state index in [1.54, 1.807) is 30.1 Å². The highest BCUT2D eigenvalue weighted by Crippen LogP contribution is 2.23. The van der Waals surface area contributed by atoms with Gasteiger partial charge in [-0.1, -0.05) is 5.21 Å². The Hall–Kier alpha value is -1.64. The molecule has 0 saturated carbocycles. The maximum Gasteiger partial charge on any atom is 0.335 e. The summed E-state index contributed by atoms with van der Waals surface area (Å²) in [6.45, 7) is 0.257. The number of aromatic nitrogens is 3. The van der Waals surface area contributed by atoms with Gasteiger partial charge in [-0.3, -0.25) is 4.68 Å². The van der Waals surface area contributed by atoms with Crippen molar-refractivity contribution in [3.05, 3.63) is 39.2 Å². The van der Waals surface area contributed by atoms with Crippen LogP contribution in [0.15, 0.2) is 24.4 Å². The number of nitrogens with zero attached hydrogens (tertiary/aromatic N) is 3. The third-order valence-corrected chi connectivity index (χ3v) is 3.10. The van der Waals surface area contributed by atoms with Crippen LogP contribution in [0.2, 0.25) is 0 Å². The first-order valence-corrected chi connectivity index (χ1v) is 6.15. The summed E-state index contributed by atoms with van der Waals surface area (Å²) < 4.78 is 7.97. The van der Waals surface area contributed by atoms with E-state index in [2.05, 4.69) is 32.9 Å². The van der Waals surface area contributed by atoms with Crippen LogP contribution in [0.4, 0.5) is 0 Å². The summed E-state index contributed by atoms with van der Waals surface area (Å²) in [7, 11) is 1.77. The predicted octanol–water partition coefficient (Wildman–Crippen LogP) is 1.70. The second-order valence-electron chi connectivity index (χ2n) is 3.62. The van der Waals surface area contributed by atoms with Gasteiger partial charge in [-0.2, -0.15) is 0 Å². The summed E-state index contributed by atoms with van der Waals surface area (Å²) in [6.07, 6.45) is 1.74. The maximum atomic E-state index is 10.9. The number of hydrogen-bond donors (Lipinski definition) is 1. The minimum absolute atomic E-state index is 0.199. The van der Waals surface area contributed by atoms with Gasteiger partial charge in [-0.15, -0.1) is 5.10 Å². The van der Waals surface area contributed by atoms with Crippen LogP contribution in [0.5, 0.6) is 5.75 Å². The molecular formula is C11H10IN3O3. The molecule has 6 nitrogen and oxygen atoms in total. The lowest BCUT2D eigenvalue weighted by molar-refractivity contribution is 0.0696. The van der Waals surface area contributed by atoms with E-state index in [0.717, 1.165) is 3.57 Å². The van der Waals surface area contributed by atoms with Crippen LogP contribution in [0.1, 0.15) is 16.1 Å². The molecule has 2 aromatic rings. The molecule has 0 aliphatic carbocycles. The Morgan fingerprint density at radius 1 is 1.56 bits per heavy atom. The number of aromatic carboxylic acids is 1. The molecule has 0 saturated heterocycles. The zero-order valence-corrected chi connectivity index (χ0v) is 11.7. The van der Waals surface area contributed by atoms with Gasteiger partial charge in [-0.25, -0.2) is 4.79 Å². The molecule has 0 spiro atoms. The van der Waals surface area contributed by atoms with Gasteiger partial charge in [0.05, 0.1) is 15.3 Å². The van der Waals surface area contributed by atoms with Crippen molar-refractivity contribution in [2.75, 3.05) is 0 Å². The molecule has 0 aliphatic heterocycles. The van der Waals surface area contributed by atoms with Crippen LogP contribution >= 0.6 is 22.6 Å². The van der Waals surface area contributed by atoms with Crippen molar-refractivity contribution in [1.82, 2.24) is 15.0 Å². The van der Waals surface area contributed by atoms with Gasteiger partial charge in [0.25, 0.3) is 0 Å². The lowest BCUT2D eigenvalue weighted by Gasteiger charge is -2.07. The summed E-state index contributed by atoms with van der Waals surface area (Å²) in [6, 6.07) is 4.75. The Bertz CT molecular complexity index is 583. The van der Waals surface area contributed by atoms with Gasteiger partial charge in [-0.05, 0) is 40.8 Å². The van der Waals surface area contributed by atoms with Gasteiger partial charge in [0.2, 0.25) is 0 Å². The maximum absolute atomic E-state index is 10.9. The SMILES string of the molecule is Cn1cc(COc2cc(C(=O)O)ccc2I)nn1. The summed E-state index contributed by atoms with van der Waals surface area (Å²) >= 11 is 2.09. The summed E-state index contributed by atoms with van der Waals surface area (Å²) in [5.41, 5.74) is 0.888. The molecule has 0 fully saturated rings. The fourth-order valence-electron chi connectivity index (χ4n) is 1.36. The van der Waals surface area contributed by atoms with E-state index in [9.17, 15) is 4.79 Å². The van der Waals surface area contributed by atoms with Gasteiger partial charge < -0.3 is 9.84 Å². The van der Waals surface area contributed by atoms with Crippen molar-refractivity contribution in [3.63, 3.8) is 0 Å². The monoisotopic (exact) mass is 359 g/mol. The number of benzene rings is 1. The molecule has 1 heterocycles. The number of carboxylic acids is 1. The summed E-state index contributed by atoms with van der Waals surface area (Å²) in [4.78, 5) is 10.9. The molecule has 0 bridgehead atoms. The molecule has 1 aromatic carbocycles. The molecule has 94 valence electrons. The second kappa shape index (κ2) is 5.34. The molecule has 18 heavy (non-hydrogen) atoms. The van der Waals surface area contributed by atoms with Gasteiger partial charge in [0, 0.05) is 7.05 Å². The Labute approximate surface area is 117 Å². The van der Waals surface area contributed by atoms with Crippen molar-refractivity contribution in [2.24, 2.45) is 7.05 Å². The van der Waals surface area contributed by atoms with Crippen molar-refractivity contribution >= 4 is 28.6 Å². The van der Waals surface area contributed by atoms with Crippen LogP contribution in [-0.2, 0) is 13.7 Å². The standard InChI is InChI=1S/C11H10IN3O3/c1-15-5-8(13-14-15)6-18-10-4-7(11(16)17)2-3-9(10)12/h2-5H,6H2,1H3,(H,16,17). The van der Waals surface area contributed by atoms with Gasteiger partial charge in [0.15, 0.2) is 0 Å². The van der Waals surface area contributed by atoms with Crippen molar-refractivity contribution in [2.45, 2.75) is 6.61 Å². The predicted molar refractivity (Wildman–Crippen MR) is 71.5 cm³/mol. The van der Waals surface area contributed by atoms with E-state index in [1.807, 2.05) is 0 Å². The number of carbonyl (C=O) groups is 1. The number of halogens is 1. The van der Waals surface area contributed by atoms with Crippen molar-refractivity contribution < 1.29 is 14.6 Å². The highest BCUT2D eigenvalue weighted by Gasteiger charge is 2.09. The number of ether oxygens (including phenoxy) is 1. The first-order valence-electron chi connectivity index (χ1n) is 5.07. The molecule has 7 heteroatoms. The highest BCUT2D eigenvalue weighted by atomic mass is 127. The Morgan fingerprint density at radius 3 is 2.94 bits per heavy atom. The fourth-order valence-corrected chi connectivity index (χ4v) is 1.85. The van der Waals surface area contributed by atoms with Crippen LogP contribution in [0.3, 0.4) is 0 Å². The summed E-state index contributed by atoms with van der Waals surface area (Å²) in [5.74, 6) is -0.447. The van der Waals surface area contributed by atoms with E-state index in [4.69, 9.17) is 9.84 Å². The van der Waals surface area contributed by atoms with E-state index < -0.39 is 5.97 Å². The Balaban J connectivity index is 2.13. The largest absolute Gasteiger partial charge is 0.486 e. The van der Waals surface area contributed by atoms with Gasteiger partial charge in [0.1, 0.15) is 18.1 Å². The van der Waals surface area contributed by atoms with Crippen LogP contribution in [0, 0.1) is 3.57 Å². The highest BCUT2D eigenvalue weighted by molar-refractivity contribution is 14.1. The van der Waals surface area contributed by atoms with E-state index >= 15 is 0 Å². The first kappa shape index (κ1) is 12.8. The minimum Gasteiger partial charge on any atom is -0.486 e. The molecule has 0 amide bonds. The molecule has 2 rings (SSSR count).